The van der Waals surface area contributed by atoms with E-state index in [1.54, 1.807) is 6.07 Å². The minimum atomic E-state index is -0.243. The summed E-state index contributed by atoms with van der Waals surface area (Å²) in [4.78, 5) is 2.66. The number of benzene rings is 1. The third kappa shape index (κ3) is 4.45. The molecule has 2 fully saturated rings. The first kappa shape index (κ1) is 18.5. The van der Waals surface area contributed by atoms with Crippen LogP contribution in [0.2, 0.25) is 0 Å². The standard InChI is InChI=1S/C20H32FN3O/c1-3-25-17-6-10-20(2,11-7-17)24-12-8-16(9-13-24)23-19-14-15(21)4-5-18(19)22/h4-5,14,16-17,23H,3,6-13,22H2,1-2H3. The van der Waals surface area contributed by atoms with Gasteiger partial charge in [-0.3, -0.25) is 4.90 Å². The second-order valence-electron chi connectivity index (χ2n) is 7.79. The Morgan fingerprint density at radius 2 is 1.92 bits per heavy atom. The Hall–Kier alpha value is -1.33. The molecule has 0 bridgehead atoms. The topological polar surface area (TPSA) is 50.5 Å². The number of nitrogens with two attached hydrogens (primary N) is 1. The van der Waals surface area contributed by atoms with E-state index in [-0.39, 0.29) is 5.82 Å². The predicted octanol–water partition coefficient (Wildman–Crippen LogP) is 4.02. The van der Waals surface area contributed by atoms with Crippen molar-refractivity contribution in [2.75, 3.05) is 30.7 Å². The molecule has 25 heavy (non-hydrogen) atoms. The lowest BCUT2D eigenvalue weighted by molar-refractivity contribution is -0.0242. The fourth-order valence-corrected chi connectivity index (χ4v) is 4.37. The molecule has 0 radical (unpaired) electrons. The van der Waals surface area contributed by atoms with Crippen LogP contribution in [0, 0.1) is 5.82 Å². The number of ether oxygens (including phenoxy) is 1. The summed E-state index contributed by atoms with van der Waals surface area (Å²) in [6, 6.07) is 4.90. The molecule has 1 saturated heterocycles. The van der Waals surface area contributed by atoms with Gasteiger partial charge < -0.3 is 15.8 Å². The molecule has 0 atom stereocenters. The van der Waals surface area contributed by atoms with Crippen LogP contribution >= 0.6 is 0 Å². The molecular weight excluding hydrogens is 317 g/mol. The van der Waals surface area contributed by atoms with Crippen LogP contribution < -0.4 is 11.1 Å². The van der Waals surface area contributed by atoms with E-state index in [0.717, 1.165) is 38.2 Å². The van der Waals surface area contributed by atoms with Crippen LogP contribution in [-0.4, -0.2) is 42.3 Å². The van der Waals surface area contributed by atoms with Crippen LogP contribution in [0.3, 0.4) is 0 Å². The number of likely N-dealkylation sites (tertiary alicyclic amines) is 1. The molecule has 0 aromatic heterocycles. The van der Waals surface area contributed by atoms with E-state index >= 15 is 0 Å². The number of nitrogen functional groups attached to an aromatic ring is 1. The van der Waals surface area contributed by atoms with Crippen molar-refractivity contribution in [2.45, 2.75) is 70.1 Å². The average Bonchev–Trinajstić information content (AvgIpc) is 2.61. The van der Waals surface area contributed by atoms with Crippen molar-refractivity contribution < 1.29 is 9.13 Å². The van der Waals surface area contributed by atoms with Gasteiger partial charge in [-0.2, -0.15) is 0 Å². The van der Waals surface area contributed by atoms with E-state index in [0.29, 0.717) is 23.4 Å². The molecule has 0 spiro atoms. The zero-order valence-corrected chi connectivity index (χ0v) is 15.6. The highest BCUT2D eigenvalue weighted by Crippen LogP contribution is 2.36. The van der Waals surface area contributed by atoms with Gasteiger partial charge in [0, 0.05) is 31.3 Å². The highest BCUT2D eigenvalue weighted by atomic mass is 19.1. The summed E-state index contributed by atoms with van der Waals surface area (Å²) in [6.07, 6.45) is 7.36. The smallest absolute Gasteiger partial charge is 0.125 e. The van der Waals surface area contributed by atoms with Crippen LogP contribution in [-0.2, 0) is 4.74 Å². The maximum atomic E-state index is 13.4. The van der Waals surface area contributed by atoms with E-state index in [4.69, 9.17) is 10.5 Å². The van der Waals surface area contributed by atoms with Gasteiger partial charge in [-0.1, -0.05) is 0 Å². The van der Waals surface area contributed by atoms with Crippen LogP contribution in [0.15, 0.2) is 18.2 Å². The minimum absolute atomic E-state index is 0.243. The molecule has 1 heterocycles. The van der Waals surface area contributed by atoms with Crippen molar-refractivity contribution in [3.05, 3.63) is 24.0 Å². The summed E-state index contributed by atoms with van der Waals surface area (Å²) in [5.74, 6) is -0.243. The molecule has 0 unspecified atom stereocenters. The van der Waals surface area contributed by atoms with E-state index in [9.17, 15) is 4.39 Å². The molecule has 1 saturated carbocycles. The maximum Gasteiger partial charge on any atom is 0.125 e. The number of rotatable bonds is 5. The number of nitrogens with zero attached hydrogens (tertiary/aromatic N) is 1. The number of hydrogen-bond donors (Lipinski definition) is 2. The van der Waals surface area contributed by atoms with Gasteiger partial charge in [0.05, 0.1) is 17.5 Å². The summed E-state index contributed by atoms with van der Waals surface area (Å²) in [7, 11) is 0. The molecule has 3 N–H and O–H groups in total. The second kappa shape index (κ2) is 7.92. The summed E-state index contributed by atoms with van der Waals surface area (Å²) in [6.45, 7) is 7.48. The maximum absolute atomic E-state index is 13.4. The van der Waals surface area contributed by atoms with Gasteiger partial charge >= 0.3 is 0 Å². The lowest BCUT2D eigenvalue weighted by Gasteiger charge is -2.48. The Morgan fingerprint density at radius 3 is 2.56 bits per heavy atom. The Bertz CT molecular complexity index is 564. The lowest BCUT2D eigenvalue weighted by atomic mass is 9.79. The molecule has 3 rings (SSSR count). The number of piperidine rings is 1. The fraction of sp³-hybridized carbons (Fsp3) is 0.700. The van der Waals surface area contributed by atoms with E-state index in [1.807, 2.05) is 0 Å². The first-order valence-corrected chi connectivity index (χ1v) is 9.68. The molecule has 1 aromatic rings. The van der Waals surface area contributed by atoms with Gasteiger partial charge in [-0.15, -0.1) is 0 Å². The van der Waals surface area contributed by atoms with Crippen LogP contribution in [0.1, 0.15) is 52.4 Å². The lowest BCUT2D eigenvalue weighted by Crippen LogP contribution is -2.53. The Balaban J connectivity index is 1.51. The number of halogens is 1. The van der Waals surface area contributed by atoms with Crippen molar-refractivity contribution >= 4 is 11.4 Å². The third-order valence-corrected chi connectivity index (χ3v) is 6.05. The van der Waals surface area contributed by atoms with Crippen LogP contribution in [0.25, 0.3) is 0 Å². The number of hydrogen-bond acceptors (Lipinski definition) is 4. The minimum Gasteiger partial charge on any atom is -0.397 e. The van der Waals surface area contributed by atoms with E-state index < -0.39 is 0 Å². The first-order chi connectivity index (χ1) is 12.0. The van der Waals surface area contributed by atoms with Gasteiger partial charge in [0.15, 0.2) is 0 Å². The summed E-state index contributed by atoms with van der Waals surface area (Å²) in [5, 5.41) is 3.44. The highest BCUT2D eigenvalue weighted by molar-refractivity contribution is 5.66. The first-order valence-electron chi connectivity index (χ1n) is 9.68. The van der Waals surface area contributed by atoms with Crippen molar-refractivity contribution in [1.82, 2.24) is 4.90 Å². The summed E-state index contributed by atoms with van der Waals surface area (Å²) < 4.78 is 19.2. The van der Waals surface area contributed by atoms with Gasteiger partial charge in [0.25, 0.3) is 0 Å². The van der Waals surface area contributed by atoms with Crippen molar-refractivity contribution in [3.8, 4) is 0 Å². The Kier molecular flexibility index (Phi) is 5.85. The van der Waals surface area contributed by atoms with Crippen LogP contribution in [0.4, 0.5) is 15.8 Å². The zero-order valence-electron chi connectivity index (χ0n) is 15.6. The predicted molar refractivity (Wildman–Crippen MR) is 101 cm³/mol. The highest BCUT2D eigenvalue weighted by Gasteiger charge is 2.38. The van der Waals surface area contributed by atoms with Crippen molar-refractivity contribution in [3.63, 3.8) is 0 Å². The zero-order chi connectivity index (χ0) is 17.9. The number of nitrogens with one attached hydrogen (secondary N) is 1. The molecule has 5 heteroatoms. The summed E-state index contributed by atoms with van der Waals surface area (Å²) >= 11 is 0. The fourth-order valence-electron chi connectivity index (χ4n) is 4.37. The van der Waals surface area contributed by atoms with Gasteiger partial charge in [-0.05, 0) is 70.6 Å². The average molecular weight is 349 g/mol. The molecule has 1 aliphatic heterocycles. The van der Waals surface area contributed by atoms with Gasteiger partial charge in [-0.25, -0.2) is 4.39 Å². The molecule has 1 aliphatic carbocycles. The normalized spacial score (nSPS) is 28.8. The van der Waals surface area contributed by atoms with E-state index in [1.165, 1.54) is 37.8 Å². The summed E-state index contributed by atoms with van der Waals surface area (Å²) in [5.41, 5.74) is 7.60. The third-order valence-electron chi connectivity index (χ3n) is 6.05. The molecule has 0 amide bonds. The van der Waals surface area contributed by atoms with E-state index in [2.05, 4.69) is 24.1 Å². The van der Waals surface area contributed by atoms with Crippen molar-refractivity contribution in [2.24, 2.45) is 0 Å². The van der Waals surface area contributed by atoms with Gasteiger partial charge in [0.2, 0.25) is 0 Å². The Labute approximate surface area is 150 Å². The number of anilines is 2. The molecule has 140 valence electrons. The molecular formula is C20H32FN3O. The largest absolute Gasteiger partial charge is 0.397 e. The SMILES string of the molecule is CCOC1CCC(C)(N2CCC(Nc3cc(F)ccc3N)CC2)CC1. The van der Waals surface area contributed by atoms with Crippen LogP contribution in [0.5, 0.6) is 0 Å². The molecule has 4 nitrogen and oxygen atoms in total. The quantitative estimate of drug-likeness (QED) is 0.788. The Morgan fingerprint density at radius 1 is 1.24 bits per heavy atom. The second-order valence-corrected chi connectivity index (χ2v) is 7.79. The van der Waals surface area contributed by atoms with Gasteiger partial charge in [0.1, 0.15) is 5.82 Å². The molecule has 1 aromatic carbocycles. The molecule has 2 aliphatic rings. The monoisotopic (exact) mass is 349 g/mol. The van der Waals surface area contributed by atoms with Crippen molar-refractivity contribution in [1.29, 1.82) is 0 Å².